The van der Waals surface area contributed by atoms with Crippen LogP contribution in [-0.2, 0) is 9.53 Å². The molecule has 3 saturated heterocycles. The summed E-state index contributed by atoms with van der Waals surface area (Å²) in [5.41, 5.74) is -0.196. The molecule has 3 aliphatic rings. The SMILES string of the molecule is CC(=O)C1COC2CC3(CCCN3C)C(O)N21. The quantitative estimate of drug-likeness (QED) is 0.687. The van der Waals surface area contributed by atoms with Crippen molar-refractivity contribution in [1.29, 1.82) is 0 Å². The molecule has 3 rings (SSSR count). The summed E-state index contributed by atoms with van der Waals surface area (Å²) >= 11 is 0. The number of carbonyl (C=O) groups excluding carboxylic acids is 1. The van der Waals surface area contributed by atoms with E-state index in [9.17, 15) is 9.90 Å². The van der Waals surface area contributed by atoms with Crippen molar-refractivity contribution < 1.29 is 14.6 Å². The molecule has 4 atom stereocenters. The largest absolute Gasteiger partial charge is 0.376 e. The van der Waals surface area contributed by atoms with E-state index in [0.29, 0.717) is 6.61 Å². The maximum atomic E-state index is 11.6. The number of fused-ring (bicyclic) bond motifs is 1. The van der Waals surface area contributed by atoms with Gasteiger partial charge in [-0.1, -0.05) is 0 Å². The van der Waals surface area contributed by atoms with Crippen LogP contribution in [0, 0.1) is 0 Å². The number of aliphatic hydroxyl groups is 1. The van der Waals surface area contributed by atoms with Crippen molar-refractivity contribution in [2.24, 2.45) is 0 Å². The van der Waals surface area contributed by atoms with E-state index in [1.54, 1.807) is 6.92 Å². The molecule has 3 aliphatic heterocycles. The Balaban J connectivity index is 1.89. The average molecular weight is 240 g/mol. The zero-order valence-electron chi connectivity index (χ0n) is 10.4. The summed E-state index contributed by atoms with van der Waals surface area (Å²) in [6, 6.07) is -0.261. The van der Waals surface area contributed by atoms with Crippen LogP contribution in [0.2, 0.25) is 0 Å². The van der Waals surface area contributed by atoms with Crippen LogP contribution in [0.5, 0.6) is 0 Å². The Kier molecular flexibility index (Phi) is 2.56. The van der Waals surface area contributed by atoms with Crippen LogP contribution in [0.3, 0.4) is 0 Å². The van der Waals surface area contributed by atoms with Crippen LogP contribution in [0.1, 0.15) is 26.2 Å². The number of hydrogen-bond donors (Lipinski definition) is 1. The lowest BCUT2D eigenvalue weighted by Crippen LogP contribution is -2.54. The number of nitrogens with zero attached hydrogens (tertiary/aromatic N) is 2. The summed E-state index contributed by atoms with van der Waals surface area (Å²) in [5, 5.41) is 10.6. The van der Waals surface area contributed by atoms with Crippen LogP contribution >= 0.6 is 0 Å². The van der Waals surface area contributed by atoms with Gasteiger partial charge in [-0.2, -0.15) is 0 Å². The van der Waals surface area contributed by atoms with Gasteiger partial charge in [0.05, 0.1) is 18.2 Å². The van der Waals surface area contributed by atoms with Gasteiger partial charge in [-0.05, 0) is 33.4 Å². The first kappa shape index (κ1) is 11.6. The van der Waals surface area contributed by atoms with Crippen molar-refractivity contribution in [3.63, 3.8) is 0 Å². The second-order valence-corrected chi connectivity index (χ2v) is 5.57. The standard InChI is InChI=1S/C12H20N2O3/c1-8(15)9-7-17-10-6-12(11(16)14(9)10)4-3-5-13(12)2/h9-11,16H,3-7H2,1-2H3. The van der Waals surface area contributed by atoms with Gasteiger partial charge in [-0.3, -0.25) is 9.69 Å². The molecule has 0 amide bonds. The lowest BCUT2D eigenvalue weighted by atomic mass is 9.93. The molecule has 17 heavy (non-hydrogen) atoms. The molecule has 3 fully saturated rings. The molecule has 1 N–H and O–H groups in total. The highest BCUT2D eigenvalue weighted by molar-refractivity contribution is 5.82. The number of likely N-dealkylation sites (tertiary alicyclic amines) is 1. The topological polar surface area (TPSA) is 53.0 Å². The Bertz CT molecular complexity index is 349. The lowest BCUT2D eigenvalue weighted by molar-refractivity contribution is -0.127. The van der Waals surface area contributed by atoms with E-state index in [2.05, 4.69) is 11.9 Å². The van der Waals surface area contributed by atoms with E-state index >= 15 is 0 Å². The number of Topliss-reactive ketones (excluding diaryl/α,β-unsaturated/α-hetero) is 1. The highest BCUT2D eigenvalue weighted by Gasteiger charge is 2.60. The highest BCUT2D eigenvalue weighted by Crippen LogP contribution is 2.46. The smallest absolute Gasteiger partial charge is 0.149 e. The third-order valence-corrected chi connectivity index (χ3v) is 4.76. The molecular weight excluding hydrogens is 220 g/mol. The van der Waals surface area contributed by atoms with Gasteiger partial charge < -0.3 is 9.84 Å². The van der Waals surface area contributed by atoms with E-state index in [1.807, 2.05) is 4.90 Å². The summed E-state index contributed by atoms with van der Waals surface area (Å²) in [5.74, 6) is 0.0873. The minimum absolute atomic E-state index is 0.0838. The Morgan fingerprint density at radius 3 is 2.88 bits per heavy atom. The van der Waals surface area contributed by atoms with Crippen molar-refractivity contribution in [2.75, 3.05) is 20.2 Å². The summed E-state index contributed by atoms with van der Waals surface area (Å²) in [6.07, 6.45) is 2.26. The molecule has 1 spiro atoms. The predicted octanol–water partition coefficient (Wildman–Crippen LogP) is -0.211. The molecular formula is C12H20N2O3. The number of likely N-dealkylation sites (N-methyl/N-ethyl adjacent to an activating group) is 1. The molecule has 3 heterocycles. The van der Waals surface area contributed by atoms with Crippen molar-refractivity contribution in [3.05, 3.63) is 0 Å². The van der Waals surface area contributed by atoms with Gasteiger partial charge in [0.2, 0.25) is 0 Å². The van der Waals surface area contributed by atoms with Crippen molar-refractivity contribution in [1.82, 2.24) is 9.80 Å². The molecule has 0 aromatic rings. The van der Waals surface area contributed by atoms with Gasteiger partial charge in [-0.25, -0.2) is 4.90 Å². The Labute approximate surface area is 101 Å². The summed E-state index contributed by atoms with van der Waals surface area (Å²) in [6.45, 7) is 3.02. The maximum Gasteiger partial charge on any atom is 0.149 e. The van der Waals surface area contributed by atoms with Crippen LogP contribution < -0.4 is 0 Å². The van der Waals surface area contributed by atoms with Crippen molar-refractivity contribution in [3.8, 4) is 0 Å². The monoisotopic (exact) mass is 240 g/mol. The van der Waals surface area contributed by atoms with E-state index in [-0.39, 0.29) is 23.6 Å². The summed E-state index contributed by atoms with van der Waals surface area (Å²) in [7, 11) is 2.06. The second kappa shape index (κ2) is 3.75. The Morgan fingerprint density at radius 2 is 2.29 bits per heavy atom. The number of ether oxygens (including phenoxy) is 1. The number of hydrogen-bond acceptors (Lipinski definition) is 5. The molecule has 0 bridgehead atoms. The van der Waals surface area contributed by atoms with Crippen molar-refractivity contribution in [2.45, 2.75) is 50.2 Å². The van der Waals surface area contributed by atoms with Crippen LogP contribution in [0.4, 0.5) is 0 Å². The third-order valence-electron chi connectivity index (χ3n) is 4.76. The fraction of sp³-hybridized carbons (Fsp3) is 0.917. The molecule has 4 unspecified atom stereocenters. The number of ketones is 1. The van der Waals surface area contributed by atoms with E-state index < -0.39 is 6.23 Å². The minimum Gasteiger partial charge on any atom is -0.376 e. The highest BCUT2D eigenvalue weighted by atomic mass is 16.5. The molecule has 0 aromatic heterocycles. The first-order valence-corrected chi connectivity index (χ1v) is 6.35. The fourth-order valence-electron chi connectivity index (χ4n) is 3.70. The van der Waals surface area contributed by atoms with E-state index in [1.165, 1.54) is 0 Å². The lowest BCUT2D eigenvalue weighted by Gasteiger charge is -2.37. The average Bonchev–Trinajstić information content (AvgIpc) is 2.89. The molecule has 5 nitrogen and oxygen atoms in total. The van der Waals surface area contributed by atoms with Gasteiger partial charge in [-0.15, -0.1) is 0 Å². The van der Waals surface area contributed by atoms with Crippen LogP contribution in [-0.4, -0.2) is 64.9 Å². The Hall–Kier alpha value is -0.490. The van der Waals surface area contributed by atoms with Crippen LogP contribution in [0.15, 0.2) is 0 Å². The van der Waals surface area contributed by atoms with E-state index in [4.69, 9.17) is 4.74 Å². The molecule has 0 saturated carbocycles. The second-order valence-electron chi connectivity index (χ2n) is 5.57. The molecule has 0 aliphatic carbocycles. The maximum absolute atomic E-state index is 11.6. The zero-order valence-corrected chi connectivity index (χ0v) is 10.4. The van der Waals surface area contributed by atoms with Gasteiger partial charge in [0, 0.05) is 6.42 Å². The summed E-state index contributed by atoms with van der Waals surface area (Å²) < 4.78 is 5.67. The third kappa shape index (κ3) is 1.43. The first-order valence-electron chi connectivity index (χ1n) is 6.35. The first-order chi connectivity index (χ1) is 8.06. The minimum atomic E-state index is -0.573. The van der Waals surface area contributed by atoms with Crippen LogP contribution in [0.25, 0.3) is 0 Å². The fourth-order valence-corrected chi connectivity index (χ4v) is 3.70. The Morgan fingerprint density at radius 1 is 1.53 bits per heavy atom. The van der Waals surface area contributed by atoms with Gasteiger partial charge >= 0.3 is 0 Å². The number of aliphatic hydroxyl groups excluding tert-OH is 1. The predicted molar refractivity (Wildman–Crippen MR) is 61.3 cm³/mol. The number of carbonyl (C=O) groups is 1. The molecule has 0 radical (unpaired) electrons. The molecule has 96 valence electrons. The normalized spacial score (nSPS) is 46.9. The van der Waals surface area contributed by atoms with Gasteiger partial charge in [0.15, 0.2) is 0 Å². The zero-order chi connectivity index (χ0) is 12.2. The molecule has 0 aromatic carbocycles. The van der Waals surface area contributed by atoms with Gasteiger partial charge in [0.25, 0.3) is 0 Å². The van der Waals surface area contributed by atoms with Gasteiger partial charge in [0.1, 0.15) is 18.2 Å². The van der Waals surface area contributed by atoms with E-state index in [0.717, 1.165) is 25.8 Å². The summed E-state index contributed by atoms with van der Waals surface area (Å²) in [4.78, 5) is 15.7. The molecule has 5 heteroatoms. The van der Waals surface area contributed by atoms with Crippen molar-refractivity contribution >= 4 is 5.78 Å². The number of rotatable bonds is 1.